The molecular formula is C20H22N6O2S. The molecule has 0 unspecified atom stereocenters. The lowest BCUT2D eigenvalue weighted by Gasteiger charge is -2.17. The number of primary amides is 1. The molecule has 0 saturated carbocycles. The van der Waals surface area contributed by atoms with Gasteiger partial charge in [0.1, 0.15) is 10.7 Å². The topological polar surface area (TPSA) is 107 Å². The van der Waals surface area contributed by atoms with Crippen molar-refractivity contribution in [3.8, 4) is 22.1 Å². The molecule has 0 aliphatic carbocycles. The van der Waals surface area contributed by atoms with E-state index >= 15 is 0 Å². The maximum Gasteiger partial charge on any atom is 0.250 e. The lowest BCUT2D eigenvalue weighted by molar-refractivity contribution is -0.127. The van der Waals surface area contributed by atoms with Crippen LogP contribution < -0.4 is 5.73 Å². The first-order valence-corrected chi connectivity index (χ1v) is 10.4. The maximum absolute atomic E-state index is 11.9. The van der Waals surface area contributed by atoms with Crippen molar-refractivity contribution in [2.24, 2.45) is 5.73 Å². The Morgan fingerprint density at radius 3 is 2.83 bits per heavy atom. The summed E-state index contributed by atoms with van der Waals surface area (Å²) < 4.78 is 2.07. The van der Waals surface area contributed by atoms with Crippen molar-refractivity contribution < 1.29 is 9.59 Å². The van der Waals surface area contributed by atoms with Crippen LogP contribution in [0.2, 0.25) is 0 Å². The summed E-state index contributed by atoms with van der Waals surface area (Å²) in [6, 6.07) is 1.80. The van der Waals surface area contributed by atoms with Crippen molar-refractivity contribution in [2.45, 2.75) is 32.7 Å². The Balaban J connectivity index is 1.60. The predicted molar refractivity (Wildman–Crippen MR) is 110 cm³/mol. The zero-order valence-corrected chi connectivity index (χ0v) is 17.0. The third kappa shape index (κ3) is 3.91. The average Bonchev–Trinajstić information content (AvgIpc) is 3.43. The van der Waals surface area contributed by atoms with Gasteiger partial charge in [-0.2, -0.15) is 0 Å². The van der Waals surface area contributed by atoms with Gasteiger partial charge in [0, 0.05) is 49.5 Å². The normalized spacial score (nSPS) is 14.0. The molecule has 3 aromatic rings. The van der Waals surface area contributed by atoms with E-state index in [-0.39, 0.29) is 5.91 Å². The summed E-state index contributed by atoms with van der Waals surface area (Å²) in [5, 5.41) is 2.71. The monoisotopic (exact) mass is 410 g/mol. The van der Waals surface area contributed by atoms with Gasteiger partial charge in [0.25, 0.3) is 5.91 Å². The summed E-state index contributed by atoms with van der Waals surface area (Å²) in [6.45, 7) is 4.11. The van der Waals surface area contributed by atoms with Crippen molar-refractivity contribution in [1.29, 1.82) is 0 Å². The number of likely N-dealkylation sites (tertiary alicyclic amines) is 1. The number of rotatable bonds is 7. The van der Waals surface area contributed by atoms with E-state index in [1.165, 1.54) is 11.3 Å². The molecule has 0 atom stereocenters. The fraction of sp³-hybridized carbons (Fsp3) is 0.350. The summed E-state index contributed by atoms with van der Waals surface area (Å²) in [5.74, 6) is -0.234. The molecular weight excluding hydrogens is 388 g/mol. The third-order valence-corrected chi connectivity index (χ3v) is 6.03. The van der Waals surface area contributed by atoms with Gasteiger partial charge in [0.05, 0.1) is 23.1 Å². The van der Waals surface area contributed by atoms with Gasteiger partial charge < -0.3 is 15.2 Å². The number of thiazole rings is 1. The van der Waals surface area contributed by atoms with E-state index in [1.807, 2.05) is 17.2 Å². The zero-order valence-electron chi connectivity index (χ0n) is 16.2. The first-order valence-electron chi connectivity index (χ1n) is 9.54. The highest BCUT2D eigenvalue weighted by atomic mass is 32.1. The molecule has 2 N–H and O–H groups in total. The molecule has 0 spiro atoms. The van der Waals surface area contributed by atoms with Gasteiger partial charge in [0.15, 0.2) is 0 Å². The minimum absolute atomic E-state index is 0.223. The predicted octanol–water partition coefficient (Wildman–Crippen LogP) is 2.49. The van der Waals surface area contributed by atoms with Crippen LogP contribution in [0.4, 0.5) is 0 Å². The number of aromatic nitrogens is 4. The Hall–Kier alpha value is -3.07. The first-order chi connectivity index (χ1) is 14.0. The van der Waals surface area contributed by atoms with Crippen molar-refractivity contribution >= 4 is 23.2 Å². The maximum atomic E-state index is 11.9. The molecule has 150 valence electrons. The molecule has 1 aliphatic rings. The summed E-state index contributed by atoms with van der Waals surface area (Å²) in [6.07, 6.45) is 7.30. The standard InChI is InChI=1S/C20H22N6O2S/c1-13-14(19(21)28)10-17(26(13)9-3-8-25-7-2-4-18(25)27)16-12-29-20(24-16)15-11-22-5-6-23-15/h5-6,10-12H,2-4,7-9H2,1H3,(H2,21,28). The van der Waals surface area contributed by atoms with Crippen molar-refractivity contribution in [3.63, 3.8) is 0 Å². The Bertz CT molecular complexity index is 1040. The van der Waals surface area contributed by atoms with Crippen LogP contribution in [0.15, 0.2) is 30.0 Å². The minimum Gasteiger partial charge on any atom is -0.366 e. The van der Waals surface area contributed by atoms with E-state index < -0.39 is 5.91 Å². The number of amides is 2. The van der Waals surface area contributed by atoms with Gasteiger partial charge in [-0.05, 0) is 25.8 Å². The molecule has 3 aromatic heterocycles. The second kappa shape index (κ2) is 8.12. The molecule has 1 fully saturated rings. The van der Waals surface area contributed by atoms with Gasteiger partial charge in [-0.3, -0.25) is 19.6 Å². The van der Waals surface area contributed by atoms with Crippen LogP contribution in [0.25, 0.3) is 22.1 Å². The average molecular weight is 411 g/mol. The van der Waals surface area contributed by atoms with E-state index in [0.717, 1.165) is 41.5 Å². The summed E-state index contributed by atoms with van der Waals surface area (Å²) in [4.78, 5) is 38.7. The van der Waals surface area contributed by atoms with Gasteiger partial charge in [-0.25, -0.2) is 4.98 Å². The second-order valence-electron chi connectivity index (χ2n) is 7.01. The fourth-order valence-corrected chi connectivity index (χ4v) is 4.45. The van der Waals surface area contributed by atoms with Crippen LogP contribution in [-0.4, -0.2) is 49.3 Å². The number of hydrogen-bond acceptors (Lipinski definition) is 6. The zero-order chi connectivity index (χ0) is 20.4. The molecule has 29 heavy (non-hydrogen) atoms. The van der Waals surface area contributed by atoms with Gasteiger partial charge in [-0.1, -0.05) is 0 Å². The lowest BCUT2D eigenvalue weighted by atomic mass is 10.2. The summed E-state index contributed by atoms with van der Waals surface area (Å²) >= 11 is 1.48. The molecule has 2 amide bonds. The van der Waals surface area contributed by atoms with Crippen LogP contribution in [0.3, 0.4) is 0 Å². The quantitative estimate of drug-likeness (QED) is 0.644. The lowest BCUT2D eigenvalue weighted by Crippen LogP contribution is -2.26. The smallest absolute Gasteiger partial charge is 0.250 e. The van der Waals surface area contributed by atoms with Crippen molar-refractivity contribution in [3.05, 3.63) is 41.3 Å². The van der Waals surface area contributed by atoms with Crippen LogP contribution >= 0.6 is 11.3 Å². The molecule has 0 radical (unpaired) electrons. The highest BCUT2D eigenvalue weighted by Gasteiger charge is 2.21. The molecule has 0 bridgehead atoms. The Kier molecular flexibility index (Phi) is 5.39. The van der Waals surface area contributed by atoms with Crippen LogP contribution in [-0.2, 0) is 11.3 Å². The van der Waals surface area contributed by atoms with Crippen molar-refractivity contribution in [2.75, 3.05) is 13.1 Å². The fourth-order valence-electron chi connectivity index (χ4n) is 3.67. The Labute approximate surface area is 172 Å². The molecule has 8 nitrogen and oxygen atoms in total. The molecule has 1 aliphatic heterocycles. The van der Waals surface area contributed by atoms with Crippen molar-refractivity contribution in [1.82, 2.24) is 24.4 Å². The molecule has 1 saturated heterocycles. The van der Waals surface area contributed by atoms with Gasteiger partial charge in [-0.15, -0.1) is 11.3 Å². The highest BCUT2D eigenvalue weighted by Crippen LogP contribution is 2.30. The van der Waals surface area contributed by atoms with E-state index in [9.17, 15) is 9.59 Å². The third-order valence-electron chi connectivity index (χ3n) is 5.16. The van der Waals surface area contributed by atoms with E-state index in [4.69, 9.17) is 10.7 Å². The molecule has 0 aromatic carbocycles. The van der Waals surface area contributed by atoms with Crippen LogP contribution in [0, 0.1) is 6.92 Å². The van der Waals surface area contributed by atoms with E-state index in [2.05, 4.69) is 14.5 Å². The minimum atomic E-state index is -0.457. The molecule has 4 heterocycles. The Morgan fingerprint density at radius 1 is 1.28 bits per heavy atom. The van der Waals surface area contributed by atoms with Crippen LogP contribution in [0.1, 0.15) is 35.3 Å². The number of carbonyl (C=O) groups excluding carboxylic acids is 2. The van der Waals surface area contributed by atoms with E-state index in [1.54, 1.807) is 24.7 Å². The summed E-state index contributed by atoms with van der Waals surface area (Å²) in [5.41, 5.74) is 9.20. The van der Waals surface area contributed by atoms with Crippen LogP contribution in [0.5, 0.6) is 0 Å². The van der Waals surface area contributed by atoms with E-state index in [0.29, 0.717) is 30.8 Å². The SMILES string of the molecule is Cc1c(C(N)=O)cc(-c2csc(-c3cnccn3)n2)n1CCCN1CCCC1=O. The first kappa shape index (κ1) is 19.3. The molecule has 4 rings (SSSR count). The second-order valence-corrected chi connectivity index (χ2v) is 7.87. The largest absolute Gasteiger partial charge is 0.366 e. The van der Waals surface area contributed by atoms with Gasteiger partial charge in [0.2, 0.25) is 5.91 Å². The Morgan fingerprint density at radius 2 is 2.14 bits per heavy atom. The summed E-state index contributed by atoms with van der Waals surface area (Å²) in [7, 11) is 0. The number of hydrogen-bond donors (Lipinski definition) is 1. The van der Waals surface area contributed by atoms with Gasteiger partial charge >= 0.3 is 0 Å². The number of nitrogens with zero attached hydrogens (tertiary/aromatic N) is 5. The number of nitrogens with two attached hydrogens (primary N) is 1. The molecule has 9 heteroatoms. The number of carbonyl (C=O) groups is 2. The highest BCUT2D eigenvalue weighted by molar-refractivity contribution is 7.13.